The van der Waals surface area contributed by atoms with Crippen molar-refractivity contribution in [2.24, 2.45) is 0 Å². The Morgan fingerprint density at radius 1 is 1.52 bits per heavy atom. The number of fused-ring (bicyclic) bond motifs is 1. The van der Waals surface area contributed by atoms with E-state index in [0.717, 1.165) is 28.8 Å². The molecule has 1 amide bonds. The highest BCUT2D eigenvalue weighted by atomic mass is 16.5. The van der Waals surface area contributed by atoms with Crippen molar-refractivity contribution in [3.05, 3.63) is 23.6 Å². The number of aryl methyl sites for hydroxylation is 2. The first kappa shape index (κ1) is 15.6. The number of aromatic nitrogens is 1. The summed E-state index contributed by atoms with van der Waals surface area (Å²) < 4.78 is 11.5. The molecule has 0 saturated carbocycles. The zero-order valence-corrected chi connectivity index (χ0v) is 13.3. The van der Waals surface area contributed by atoms with Crippen LogP contribution in [-0.4, -0.2) is 53.4 Å². The average molecular weight is 319 g/mol. The predicted molar refractivity (Wildman–Crippen MR) is 85.0 cm³/mol. The van der Waals surface area contributed by atoms with Crippen molar-refractivity contribution in [1.82, 2.24) is 15.2 Å². The van der Waals surface area contributed by atoms with Crippen molar-refractivity contribution < 1.29 is 19.1 Å². The number of benzene rings is 1. The fourth-order valence-corrected chi connectivity index (χ4v) is 2.88. The molecular weight excluding hydrogens is 298 g/mol. The van der Waals surface area contributed by atoms with Gasteiger partial charge in [-0.3, -0.25) is 0 Å². The zero-order chi connectivity index (χ0) is 16.4. The van der Waals surface area contributed by atoms with Gasteiger partial charge >= 0.3 is 6.09 Å². The summed E-state index contributed by atoms with van der Waals surface area (Å²) in [5.74, 6) is 1.42. The summed E-state index contributed by atoms with van der Waals surface area (Å²) in [4.78, 5) is 16.8. The van der Waals surface area contributed by atoms with Crippen LogP contribution in [0.4, 0.5) is 4.79 Å². The Hall–Kier alpha value is -2.28. The summed E-state index contributed by atoms with van der Waals surface area (Å²) >= 11 is 0. The fraction of sp³-hybridized carbons (Fsp3) is 0.500. The molecule has 2 aromatic rings. The SMILES string of the molecule is Cc1nc2ccc(OCC[C@@H]3CN(C(=O)O)CCN3)c(C)c2o1. The van der Waals surface area contributed by atoms with Gasteiger partial charge in [0.05, 0.1) is 6.61 Å². The van der Waals surface area contributed by atoms with E-state index in [0.29, 0.717) is 32.1 Å². The van der Waals surface area contributed by atoms with Crippen LogP contribution in [0.3, 0.4) is 0 Å². The molecule has 0 aliphatic carbocycles. The van der Waals surface area contributed by atoms with Gasteiger partial charge in [0.15, 0.2) is 11.5 Å². The molecule has 1 atom stereocenters. The molecule has 0 bridgehead atoms. The Balaban J connectivity index is 1.58. The van der Waals surface area contributed by atoms with E-state index in [4.69, 9.17) is 14.3 Å². The van der Waals surface area contributed by atoms with Crippen LogP contribution < -0.4 is 10.1 Å². The van der Waals surface area contributed by atoms with Gasteiger partial charge < -0.3 is 24.5 Å². The minimum absolute atomic E-state index is 0.122. The Labute approximate surface area is 134 Å². The largest absolute Gasteiger partial charge is 0.493 e. The number of nitrogens with one attached hydrogen (secondary N) is 1. The number of piperazine rings is 1. The van der Waals surface area contributed by atoms with Gasteiger partial charge in [0.2, 0.25) is 0 Å². The lowest BCUT2D eigenvalue weighted by atomic mass is 10.1. The first-order chi connectivity index (χ1) is 11.0. The third kappa shape index (κ3) is 3.39. The van der Waals surface area contributed by atoms with Crippen molar-refractivity contribution in [1.29, 1.82) is 0 Å². The van der Waals surface area contributed by atoms with E-state index < -0.39 is 6.09 Å². The zero-order valence-electron chi connectivity index (χ0n) is 13.3. The monoisotopic (exact) mass is 319 g/mol. The van der Waals surface area contributed by atoms with Gasteiger partial charge in [-0.2, -0.15) is 0 Å². The second kappa shape index (κ2) is 6.45. The summed E-state index contributed by atoms with van der Waals surface area (Å²) in [5.41, 5.74) is 2.53. The third-order valence-corrected chi connectivity index (χ3v) is 4.11. The summed E-state index contributed by atoms with van der Waals surface area (Å²) in [6.07, 6.45) is -0.115. The normalized spacial score (nSPS) is 18.3. The molecule has 1 aliphatic rings. The highest BCUT2D eigenvalue weighted by Crippen LogP contribution is 2.27. The highest BCUT2D eigenvalue weighted by molar-refractivity contribution is 5.78. The van der Waals surface area contributed by atoms with E-state index in [9.17, 15) is 4.79 Å². The van der Waals surface area contributed by atoms with Crippen LogP contribution in [0.2, 0.25) is 0 Å². The maximum Gasteiger partial charge on any atom is 0.407 e. The maximum absolute atomic E-state index is 11.0. The number of rotatable bonds is 4. The molecule has 124 valence electrons. The van der Waals surface area contributed by atoms with Crippen molar-refractivity contribution in [2.75, 3.05) is 26.2 Å². The molecule has 23 heavy (non-hydrogen) atoms. The molecule has 2 N–H and O–H groups in total. The van der Waals surface area contributed by atoms with Gasteiger partial charge in [0, 0.05) is 38.2 Å². The van der Waals surface area contributed by atoms with Crippen LogP contribution in [0.15, 0.2) is 16.5 Å². The summed E-state index contributed by atoms with van der Waals surface area (Å²) in [7, 11) is 0. The van der Waals surface area contributed by atoms with Gasteiger partial charge in [-0.15, -0.1) is 0 Å². The van der Waals surface area contributed by atoms with Crippen LogP contribution >= 0.6 is 0 Å². The number of nitrogens with zero attached hydrogens (tertiary/aromatic N) is 2. The van der Waals surface area contributed by atoms with Crippen molar-refractivity contribution in [3.63, 3.8) is 0 Å². The minimum Gasteiger partial charge on any atom is -0.493 e. The van der Waals surface area contributed by atoms with Crippen molar-refractivity contribution in [3.8, 4) is 5.75 Å². The third-order valence-electron chi connectivity index (χ3n) is 4.11. The number of hydrogen-bond donors (Lipinski definition) is 2. The van der Waals surface area contributed by atoms with E-state index in [2.05, 4.69) is 10.3 Å². The van der Waals surface area contributed by atoms with E-state index in [1.54, 1.807) is 0 Å². The second-order valence-electron chi connectivity index (χ2n) is 5.79. The first-order valence-corrected chi connectivity index (χ1v) is 7.75. The van der Waals surface area contributed by atoms with Gasteiger partial charge in [-0.1, -0.05) is 0 Å². The fourth-order valence-electron chi connectivity index (χ4n) is 2.88. The molecule has 1 fully saturated rings. The Morgan fingerprint density at radius 2 is 2.35 bits per heavy atom. The average Bonchev–Trinajstić information content (AvgIpc) is 2.91. The molecule has 7 nitrogen and oxygen atoms in total. The second-order valence-corrected chi connectivity index (χ2v) is 5.79. The van der Waals surface area contributed by atoms with Crippen LogP contribution in [-0.2, 0) is 0 Å². The minimum atomic E-state index is -0.862. The first-order valence-electron chi connectivity index (χ1n) is 7.75. The van der Waals surface area contributed by atoms with Crippen LogP contribution in [0.5, 0.6) is 5.75 Å². The Bertz CT molecular complexity index is 713. The van der Waals surface area contributed by atoms with E-state index in [1.807, 2.05) is 26.0 Å². The highest BCUT2D eigenvalue weighted by Gasteiger charge is 2.22. The van der Waals surface area contributed by atoms with Crippen molar-refractivity contribution >= 4 is 17.2 Å². The van der Waals surface area contributed by atoms with E-state index >= 15 is 0 Å². The summed E-state index contributed by atoms with van der Waals surface area (Å²) in [6.45, 7) is 6.01. The molecule has 2 heterocycles. The molecule has 0 spiro atoms. The molecule has 1 aromatic heterocycles. The van der Waals surface area contributed by atoms with E-state index in [-0.39, 0.29) is 6.04 Å². The lowest BCUT2D eigenvalue weighted by Gasteiger charge is -2.31. The molecule has 1 aliphatic heterocycles. The van der Waals surface area contributed by atoms with Gasteiger partial charge in [0.25, 0.3) is 0 Å². The van der Waals surface area contributed by atoms with Crippen molar-refractivity contribution in [2.45, 2.75) is 26.3 Å². The molecular formula is C16H21N3O4. The molecule has 0 radical (unpaired) electrons. The standard InChI is InChI=1S/C16H21N3O4/c1-10-14(4-3-13-15(10)23-11(2)18-13)22-8-5-12-9-19(16(20)21)7-6-17-12/h3-4,12,17H,5-9H2,1-2H3,(H,20,21)/t12-/m1/s1. The van der Waals surface area contributed by atoms with Crippen LogP contribution in [0, 0.1) is 13.8 Å². The maximum atomic E-state index is 11.0. The number of carboxylic acid groups (broad SMARTS) is 1. The number of ether oxygens (including phenoxy) is 1. The molecule has 1 aromatic carbocycles. The lowest BCUT2D eigenvalue weighted by Crippen LogP contribution is -2.52. The van der Waals surface area contributed by atoms with E-state index in [1.165, 1.54) is 4.90 Å². The molecule has 0 unspecified atom stereocenters. The molecule has 7 heteroatoms. The van der Waals surface area contributed by atoms with Crippen LogP contribution in [0.1, 0.15) is 17.9 Å². The lowest BCUT2D eigenvalue weighted by molar-refractivity contribution is 0.124. The number of amides is 1. The van der Waals surface area contributed by atoms with Gasteiger partial charge in [-0.05, 0) is 25.5 Å². The topological polar surface area (TPSA) is 87.8 Å². The number of oxazole rings is 1. The Morgan fingerprint density at radius 3 is 3.13 bits per heavy atom. The smallest absolute Gasteiger partial charge is 0.407 e. The number of hydrogen-bond acceptors (Lipinski definition) is 5. The predicted octanol–water partition coefficient (Wildman–Crippen LogP) is 2.17. The molecule has 1 saturated heterocycles. The molecule has 3 rings (SSSR count). The number of carbonyl (C=O) groups is 1. The Kier molecular flexibility index (Phi) is 4.38. The summed E-state index contributed by atoms with van der Waals surface area (Å²) in [5, 5.41) is 12.4. The van der Waals surface area contributed by atoms with Crippen LogP contribution in [0.25, 0.3) is 11.1 Å². The van der Waals surface area contributed by atoms with Gasteiger partial charge in [0.1, 0.15) is 11.3 Å². The quantitative estimate of drug-likeness (QED) is 0.898. The summed E-state index contributed by atoms with van der Waals surface area (Å²) in [6, 6.07) is 3.91. The van der Waals surface area contributed by atoms with Gasteiger partial charge in [-0.25, -0.2) is 9.78 Å².